The first-order chi connectivity index (χ1) is 9.19. The maximum absolute atomic E-state index is 5.99. The molecule has 0 saturated carbocycles. The summed E-state index contributed by atoms with van der Waals surface area (Å²) >= 11 is 5.16. The van der Waals surface area contributed by atoms with Crippen molar-refractivity contribution in [2.45, 2.75) is 17.6 Å². The molecule has 2 aromatic rings. The van der Waals surface area contributed by atoms with Crippen molar-refractivity contribution in [2.24, 2.45) is 0 Å². The van der Waals surface area contributed by atoms with E-state index >= 15 is 0 Å². The van der Waals surface area contributed by atoms with E-state index in [1.165, 1.54) is 5.56 Å². The van der Waals surface area contributed by atoms with E-state index in [1.807, 2.05) is 25.1 Å². The zero-order valence-corrected chi connectivity index (χ0v) is 13.1. The molecule has 0 spiro atoms. The highest BCUT2D eigenvalue weighted by atomic mass is 79.9. The minimum atomic E-state index is 0.667. The second-order valence-corrected chi connectivity index (χ2v) is 5.98. The fourth-order valence-electron chi connectivity index (χ4n) is 1.64. The molecule has 0 aliphatic carbocycles. The van der Waals surface area contributed by atoms with Crippen LogP contribution in [0.3, 0.4) is 0 Å². The lowest BCUT2D eigenvalue weighted by molar-refractivity contribution is 0.339. The molecule has 0 fully saturated rings. The zero-order chi connectivity index (χ0) is 13.7. The van der Waals surface area contributed by atoms with Gasteiger partial charge in [0.1, 0.15) is 5.75 Å². The lowest BCUT2D eigenvalue weighted by Crippen LogP contribution is -1.94. The van der Waals surface area contributed by atoms with Gasteiger partial charge in [0.15, 0.2) is 0 Å². The van der Waals surface area contributed by atoms with Crippen molar-refractivity contribution in [1.29, 1.82) is 0 Å². The van der Waals surface area contributed by atoms with E-state index in [-0.39, 0.29) is 0 Å². The van der Waals surface area contributed by atoms with Crippen molar-refractivity contribution < 1.29 is 4.74 Å². The van der Waals surface area contributed by atoms with E-state index < -0.39 is 0 Å². The van der Waals surface area contributed by atoms with Gasteiger partial charge in [-0.15, -0.1) is 11.8 Å². The number of ether oxygens (including phenoxy) is 1. The molecule has 0 amide bonds. The second-order valence-electron chi connectivity index (χ2n) is 4.05. The molecule has 100 valence electrons. The molecule has 2 rings (SSSR count). The van der Waals surface area contributed by atoms with E-state index in [0.29, 0.717) is 6.61 Å². The summed E-state index contributed by atoms with van der Waals surface area (Å²) in [5.41, 5.74) is 8.06. The Balaban J connectivity index is 2.05. The predicted octanol–water partition coefficient (Wildman–Crippen LogP) is 4.72. The van der Waals surface area contributed by atoms with Gasteiger partial charge in [-0.25, -0.2) is 0 Å². The lowest BCUT2D eigenvalue weighted by Gasteiger charge is -2.09. The molecule has 4 heteroatoms. The Morgan fingerprint density at radius 3 is 2.58 bits per heavy atom. The van der Waals surface area contributed by atoms with Gasteiger partial charge in [0.05, 0.1) is 6.61 Å². The molecule has 19 heavy (non-hydrogen) atoms. The van der Waals surface area contributed by atoms with Crippen molar-refractivity contribution in [3.63, 3.8) is 0 Å². The van der Waals surface area contributed by atoms with Crippen molar-refractivity contribution in [2.75, 3.05) is 12.3 Å². The number of hydrogen-bond donors (Lipinski definition) is 1. The van der Waals surface area contributed by atoms with Crippen LogP contribution in [0.5, 0.6) is 5.75 Å². The van der Waals surface area contributed by atoms with Crippen LogP contribution in [0.25, 0.3) is 0 Å². The van der Waals surface area contributed by atoms with Crippen LogP contribution in [0.15, 0.2) is 51.8 Å². The third kappa shape index (κ3) is 4.18. The molecule has 0 heterocycles. The second kappa shape index (κ2) is 6.87. The molecule has 0 bridgehead atoms. The first-order valence-electron chi connectivity index (χ1n) is 6.08. The summed E-state index contributed by atoms with van der Waals surface area (Å²) in [7, 11) is 0. The van der Waals surface area contributed by atoms with E-state index in [2.05, 4.69) is 40.2 Å². The Morgan fingerprint density at radius 1 is 1.16 bits per heavy atom. The van der Waals surface area contributed by atoms with Crippen molar-refractivity contribution in [1.82, 2.24) is 0 Å². The van der Waals surface area contributed by atoms with Crippen LogP contribution in [0.2, 0.25) is 0 Å². The molecule has 2 aromatic carbocycles. The summed E-state index contributed by atoms with van der Waals surface area (Å²) in [5.74, 6) is 1.77. The number of benzene rings is 2. The number of hydrogen-bond acceptors (Lipinski definition) is 3. The first kappa shape index (κ1) is 14.3. The molecule has 2 N–H and O–H groups in total. The number of rotatable bonds is 5. The van der Waals surface area contributed by atoms with Crippen LogP contribution < -0.4 is 10.5 Å². The molecular weight excluding hydrogens is 322 g/mol. The predicted molar refractivity (Wildman–Crippen MR) is 85.7 cm³/mol. The van der Waals surface area contributed by atoms with E-state index in [9.17, 15) is 0 Å². The summed E-state index contributed by atoms with van der Waals surface area (Å²) in [5, 5.41) is 0. The Morgan fingerprint density at radius 2 is 1.89 bits per heavy atom. The average molecular weight is 338 g/mol. The van der Waals surface area contributed by atoms with Crippen molar-refractivity contribution in [3.8, 4) is 5.75 Å². The first-order valence-corrected chi connectivity index (χ1v) is 7.86. The Labute approximate surface area is 126 Å². The molecule has 0 aliphatic rings. The van der Waals surface area contributed by atoms with Crippen LogP contribution in [0.1, 0.15) is 12.5 Å². The normalized spacial score (nSPS) is 10.4. The number of nitrogen functional groups attached to an aromatic ring is 1. The van der Waals surface area contributed by atoms with Gasteiger partial charge in [-0.1, -0.05) is 28.1 Å². The monoisotopic (exact) mass is 337 g/mol. The molecular formula is C15H16BrNOS. The van der Waals surface area contributed by atoms with Gasteiger partial charge in [-0.05, 0) is 42.8 Å². The van der Waals surface area contributed by atoms with Crippen LogP contribution >= 0.6 is 27.7 Å². The third-order valence-electron chi connectivity index (χ3n) is 2.60. The van der Waals surface area contributed by atoms with Gasteiger partial charge in [0.25, 0.3) is 0 Å². The highest BCUT2D eigenvalue weighted by Crippen LogP contribution is 2.31. The SMILES string of the molecule is CCOc1ccc(N)c(SCc2ccc(Br)cc2)c1. The number of nitrogens with two attached hydrogens (primary N) is 1. The van der Waals surface area contributed by atoms with Crippen molar-refractivity contribution >= 4 is 33.4 Å². The van der Waals surface area contributed by atoms with Crippen molar-refractivity contribution in [3.05, 3.63) is 52.5 Å². The van der Waals surface area contributed by atoms with Gasteiger partial charge in [-0.3, -0.25) is 0 Å². The number of thioether (sulfide) groups is 1. The summed E-state index contributed by atoms with van der Waals surface area (Å²) in [4.78, 5) is 1.06. The Bertz CT molecular complexity index is 542. The largest absolute Gasteiger partial charge is 0.494 e. The van der Waals surface area contributed by atoms with Crippen LogP contribution in [-0.4, -0.2) is 6.61 Å². The maximum Gasteiger partial charge on any atom is 0.120 e. The van der Waals surface area contributed by atoms with Gasteiger partial charge in [-0.2, -0.15) is 0 Å². The fraction of sp³-hybridized carbons (Fsp3) is 0.200. The molecule has 0 saturated heterocycles. The standard InChI is InChI=1S/C15H16BrNOS/c1-2-18-13-7-8-14(17)15(9-13)19-10-11-3-5-12(16)6-4-11/h3-9H,2,10,17H2,1H3. The summed E-state index contributed by atoms with van der Waals surface area (Å²) in [6.07, 6.45) is 0. The highest BCUT2D eigenvalue weighted by molar-refractivity contribution is 9.10. The summed E-state index contributed by atoms with van der Waals surface area (Å²) < 4.78 is 6.59. The van der Waals surface area contributed by atoms with Gasteiger partial charge in [0, 0.05) is 20.8 Å². The third-order valence-corrected chi connectivity index (χ3v) is 4.27. The average Bonchev–Trinajstić information content (AvgIpc) is 2.41. The maximum atomic E-state index is 5.99. The smallest absolute Gasteiger partial charge is 0.120 e. The summed E-state index contributed by atoms with van der Waals surface area (Å²) in [6, 6.07) is 14.1. The molecule has 0 atom stereocenters. The molecule has 0 aromatic heterocycles. The van der Waals surface area contributed by atoms with Gasteiger partial charge >= 0.3 is 0 Å². The topological polar surface area (TPSA) is 35.2 Å². The summed E-state index contributed by atoms with van der Waals surface area (Å²) in [6.45, 7) is 2.64. The Hall–Kier alpha value is -1.13. The minimum Gasteiger partial charge on any atom is -0.494 e. The molecule has 0 radical (unpaired) electrons. The van der Waals surface area contributed by atoms with E-state index in [1.54, 1.807) is 11.8 Å². The zero-order valence-electron chi connectivity index (χ0n) is 10.7. The number of anilines is 1. The van der Waals surface area contributed by atoms with Crippen LogP contribution in [-0.2, 0) is 5.75 Å². The molecule has 0 unspecified atom stereocenters. The number of halogens is 1. The van der Waals surface area contributed by atoms with E-state index in [0.717, 1.165) is 26.6 Å². The highest BCUT2D eigenvalue weighted by Gasteiger charge is 2.03. The molecule has 2 nitrogen and oxygen atoms in total. The quantitative estimate of drug-likeness (QED) is 0.633. The van der Waals surface area contributed by atoms with Gasteiger partial charge < -0.3 is 10.5 Å². The fourth-order valence-corrected chi connectivity index (χ4v) is 2.85. The van der Waals surface area contributed by atoms with Crippen LogP contribution in [0.4, 0.5) is 5.69 Å². The van der Waals surface area contributed by atoms with Gasteiger partial charge in [0.2, 0.25) is 0 Å². The van der Waals surface area contributed by atoms with E-state index in [4.69, 9.17) is 10.5 Å². The minimum absolute atomic E-state index is 0.667. The molecule has 0 aliphatic heterocycles. The van der Waals surface area contributed by atoms with Crippen LogP contribution in [0, 0.1) is 0 Å². The Kier molecular flexibility index (Phi) is 5.16. The lowest BCUT2D eigenvalue weighted by atomic mass is 10.2.